The minimum absolute atomic E-state index is 0.134. The molecule has 1 N–H and O–H groups in total. The second-order valence-electron chi connectivity index (χ2n) is 5.90. The highest BCUT2D eigenvalue weighted by Gasteiger charge is 2.12. The Morgan fingerprint density at radius 1 is 1.08 bits per heavy atom. The topological polar surface area (TPSA) is 72.7 Å². The molecule has 0 aliphatic carbocycles. The lowest BCUT2D eigenvalue weighted by Crippen LogP contribution is -2.13. The zero-order valence-electron chi connectivity index (χ0n) is 13.9. The highest BCUT2D eigenvalue weighted by Crippen LogP contribution is 2.24. The molecule has 0 aliphatic heterocycles. The molecule has 0 spiro atoms. The number of aryl methyl sites for hydroxylation is 1. The van der Waals surface area contributed by atoms with Gasteiger partial charge in [-0.1, -0.05) is 44.2 Å². The van der Waals surface area contributed by atoms with Gasteiger partial charge in [-0.15, -0.1) is 5.10 Å². The number of amides is 1. The van der Waals surface area contributed by atoms with Crippen LogP contribution in [0.3, 0.4) is 0 Å². The maximum atomic E-state index is 12.5. The summed E-state index contributed by atoms with van der Waals surface area (Å²) in [5.74, 6) is 0.866. The summed E-state index contributed by atoms with van der Waals surface area (Å²) in [6, 6.07) is 15.1. The lowest BCUT2D eigenvalue weighted by Gasteiger charge is -2.13. The molecule has 0 saturated heterocycles. The van der Waals surface area contributed by atoms with E-state index in [4.69, 9.17) is 0 Å². The van der Waals surface area contributed by atoms with Crippen LogP contribution in [-0.4, -0.2) is 26.1 Å². The van der Waals surface area contributed by atoms with E-state index < -0.39 is 0 Å². The fourth-order valence-corrected chi connectivity index (χ4v) is 2.55. The quantitative estimate of drug-likeness (QED) is 0.800. The molecule has 6 heteroatoms. The molecule has 0 atom stereocenters. The summed E-state index contributed by atoms with van der Waals surface area (Å²) in [6.45, 7) is 4.21. The van der Waals surface area contributed by atoms with Crippen LogP contribution >= 0.6 is 0 Å². The number of hydrogen-bond donors (Lipinski definition) is 1. The van der Waals surface area contributed by atoms with Crippen LogP contribution in [0.5, 0.6) is 0 Å². The molecule has 3 rings (SSSR count). The van der Waals surface area contributed by atoms with Crippen LogP contribution < -0.4 is 5.32 Å². The van der Waals surface area contributed by atoms with Crippen molar-refractivity contribution in [3.63, 3.8) is 0 Å². The Morgan fingerprint density at radius 2 is 1.79 bits per heavy atom. The molecule has 6 nitrogen and oxygen atoms in total. The van der Waals surface area contributed by atoms with Crippen molar-refractivity contribution in [1.29, 1.82) is 0 Å². The summed E-state index contributed by atoms with van der Waals surface area (Å²) in [6.07, 6.45) is 0. The largest absolute Gasteiger partial charge is 0.322 e. The third-order valence-corrected chi connectivity index (χ3v) is 3.86. The molecule has 0 bridgehead atoms. The lowest BCUT2D eigenvalue weighted by atomic mass is 10.0. The predicted molar refractivity (Wildman–Crippen MR) is 92.7 cm³/mol. The maximum absolute atomic E-state index is 12.5. The lowest BCUT2D eigenvalue weighted by molar-refractivity contribution is 0.102. The van der Waals surface area contributed by atoms with Crippen molar-refractivity contribution >= 4 is 11.6 Å². The molecule has 1 amide bonds. The molecule has 0 radical (unpaired) electrons. The van der Waals surface area contributed by atoms with Gasteiger partial charge >= 0.3 is 0 Å². The van der Waals surface area contributed by atoms with Crippen molar-refractivity contribution in [3.8, 4) is 11.4 Å². The van der Waals surface area contributed by atoms with E-state index in [1.807, 2.05) is 36.4 Å². The van der Waals surface area contributed by atoms with E-state index >= 15 is 0 Å². The number of anilines is 1. The van der Waals surface area contributed by atoms with Gasteiger partial charge in [0.25, 0.3) is 5.91 Å². The first-order valence-electron chi connectivity index (χ1n) is 7.79. The van der Waals surface area contributed by atoms with E-state index in [1.165, 1.54) is 0 Å². The Bertz CT molecular complexity index is 852. The van der Waals surface area contributed by atoms with Crippen LogP contribution in [0, 0.1) is 0 Å². The van der Waals surface area contributed by atoms with E-state index in [2.05, 4.69) is 34.7 Å². The third kappa shape index (κ3) is 3.17. The highest BCUT2D eigenvalue weighted by atomic mass is 16.1. The number of nitrogens with zero attached hydrogens (tertiary/aromatic N) is 4. The first kappa shape index (κ1) is 15.9. The number of hydrogen-bond acceptors (Lipinski definition) is 4. The van der Waals surface area contributed by atoms with Gasteiger partial charge in [0.1, 0.15) is 0 Å². The summed E-state index contributed by atoms with van der Waals surface area (Å²) in [7, 11) is 1.78. The van der Waals surface area contributed by atoms with Gasteiger partial charge in [-0.2, -0.15) is 0 Å². The average Bonchev–Trinajstić information content (AvgIpc) is 3.01. The van der Waals surface area contributed by atoms with Gasteiger partial charge in [-0.05, 0) is 40.1 Å². The number of carbonyl (C=O) groups is 1. The van der Waals surface area contributed by atoms with Gasteiger partial charge in [0.15, 0.2) is 5.82 Å². The molecule has 0 unspecified atom stereocenters. The van der Waals surface area contributed by atoms with Gasteiger partial charge in [0.05, 0.1) is 0 Å². The summed E-state index contributed by atoms with van der Waals surface area (Å²) in [5.41, 5.74) is 3.42. The van der Waals surface area contributed by atoms with Crippen LogP contribution in [-0.2, 0) is 7.05 Å². The number of benzene rings is 2. The zero-order chi connectivity index (χ0) is 17.1. The van der Waals surface area contributed by atoms with Crippen molar-refractivity contribution < 1.29 is 4.79 Å². The summed E-state index contributed by atoms with van der Waals surface area (Å²) < 4.78 is 1.59. The SMILES string of the molecule is CC(C)c1ccccc1NC(=O)c1ccc(-c2nnnn2C)cc1. The minimum Gasteiger partial charge on any atom is -0.322 e. The summed E-state index contributed by atoms with van der Waals surface area (Å²) >= 11 is 0. The van der Waals surface area contributed by atoms with Gasteiger partial charge in [-0.25, -0.2) is 4.68 Å². The van der Waals surface area contributed by atoms with Gasteiger partial charge in [0, 0.05) is 23.9 Å². The first-order valence-corrected chi connectivity index (χ1v) is 7.79. The van der Waals surface area contributed by atoms with E-state index in [9.17, 15) is 4.79 Å². The highest BCUT2D eigenvalue weighted by molar-refractivity contribution is 6.04. The normalized spacial score (nSPS) is 10.8. The Morgan fingerprint density at radius 3 is 2.42 bits per heavy atom. The molecule has 122 valence electrons. The molecular formula is C18H19N5O. The minimum atomic E-state index is -0.134. The van der Waals surface area contributed by atoms with Crippen molar-refractivity contribution in [2.45, 2.75) is 19.8 Å². The third-order valence-electron chi connectivity index (χ3n) is 3.86. The van der Waals surface area contributed by atoms with Crippen molar-refractivity contribution in [2.75, 3.05) is 5.32 Å². The molecule has 3 aromatic rings. The molecule has 24 heavy (non-hydrogen) atoms. The predicted octanol–water partition coefficient (Wildman–Crippen LogP) is 3.25. The Kier molecular flexibility index (Phi) is 4.37. The molecule has 1 heterocycles. The van der Waals surface area contributed by atoms with Gasteiger partial charge in [0.2, 0.25) is 0 Å². The number of rotatable bonds is 4. The van der Waals surface area contributed by atoms with Gasteiger partial charge in [-0.3, -0.25) is 4.79 Å². The van der Waals surface area contributed by atoms with Crippen molar-refractivity contribution in [1.82, 2.24) is 20.2 Å². The Labute approximate surface area is 140 Å². The molecule has 2 aromatic carbocycles. The van der Waals surface area contributed by atoms with Crippen LogP contribution in [0.15, 0.2) is 48.5 Å². The fraction of sp³-hybridized carbons (Fsp3) is 0.222. The van der Waals surface area contributed by atoms with E-state index in [-0.39, 0.29) is 5.91 Å². The van der Waals surface area contributed by atoms with E-state index in [0.29, 0.717) is 17.3 Å². The van der Waals surface area contributed by atoms with Crippen LogP contribution in [0.25, 0.3) is 11.4 Å². The second-order valence-corrected chi connectivity index (χ2v) is 5.90. The van der Waals surface area contributed by atoms with Gasteiger partial charge < -0.3 is 5.32 Å². The van der Waals surface area contributed by atoms with Crippen LogP contribution in [0.1, 0.15) is 35.7 Å². The molecule has 0 aliphatic rings. The van der Waals surface area contributed by atoms with E-state index in [0.717, 1.165) is 16.8 Å². The first-order chi connectivity index (χ1) is 11.6. The maximum Gasteiger partial charge on any atom is 0.255 e. The molecule has 0 fully saturated rings. The summed E-state index contributed by atoms with van der Waals surface area (Å²) in [4.78, 5) is 12.5. The number of carbonyl (C=O) groups excluding carboxylic acids is 1. The smallest absolute Gasteiger partial charge is 0.255 e. The van der Waals surface area contributed by atoms with Crippen LogP contribution in [0.2, 0.25) is 0 Å². The van der Waals surface area contributed by atoms with Crippen molar-refractivity contribution in [3.05, 3.63) is 59.7 Å². The fourth-order valence-electron chi connectivity index (χ4n) is 2.55. The van der Waals surface area contributed by atoms with Crippen LogP contribution in [0.4, 0.5) is 5.69 Å². The number of nitrogens with one attached hydrogen (secondary N) is 1. The Hall–Kier alpha value is -3.02. The number of tetrazole rings is 1. The molecule has 0 saturated carbocycles. The monoisotopic (exact) mass is 321 g/mol. The standard InChI is InChI=1S/C18H19N5O/c1-12(2)15-6-4-5-7-16(15)19-18(24)14-10-8-13(9-11-14)17-20-21-22-23(17)3/h4-12H,1-3H3,(H,19,24). The number of aromatic nitrogens is 4. The number of para-hydroxylation sites is 1. The molecular weight excluding hydrogens is 302 g/mol. The van der Waals surface area contributed by atoms with Crippen molar-refractivity contribution in [2.24, 2.45) is 7.05 Å². The second kappa shape index (κ2) is 6.62. The Balaban J connectivity index is 1.80. The summed E-state index contributed by atoms with van der Waals surface area (Å²) in [5, 5.41) is 14.4. The average molecular weight is 321 g/mol. The molecule has 1 aromatic heterocycles. The van der Waals surface area contributed by atoms with E-state index in [1.54, 1.807) is 23.9 Å². The zero-order valence-corrected chi connectivity index (χ0v) is 13.9.